The van der Waals surface area contributed by atoms with E-state index >= 15 is 0 Å². The summed E-state index contributed by atoms with van der Waals surface area (Å²) in [4.78, 5) is 8.76. The third kappa shape index (κ3) is 2.57. The summed E-state index contributed by atoms with van der Waals surface area (Å²) in [5, 5.41) is 21.1. The first-order valence-electron chi connectivity index (χ1n) is 8.56. The number of pyridine rings is 1. The van der Waals surface area contributed by atoms with Gasteiger partial charge in [0.05, 0.1) is 18.5 Å². The maximum absolute atomic E-state index is 10.4. The lowest BCUT2D eigenvalue weighted by Crippen LogP contribution is -2.31. The number of fused-ring (bicyclic) bond motifs is 2. The van der Waals surface area contributed by atoms with Crippen LogP contribution in [-0.4, -0.2) is 37.0 Å². The monoisotopic (exact) mass is 406 g/mol. The fourth-order valence-electron chi connectivity index (χ4n) is 4.08. The quantitative estimate of drug-likeness (QED) is 0.577. The fourth-order valence-corrected chi connectivity index (χ4v) is 4.48. The summed E-state index contributed by atoms with van der Waals surface area (Å²) >= 11 is 12.3. The van der Waals surface area contributed by atoms with Crippen LogP contribution >= 0.6 is 23.2 Å². The minimum atomic E-state index is -0.865. The number of nitrogens with two attached hydrogens (primary N) is 1. The van der Waals surface area contributed by atoms with E-state index in [0.717, 1.165) is 6.42 Å². The van der Waals surface area contributed by atoms with Crippen LogP contribution in [0.3, 0.4) is 0 Å². The van der Waals surface area contributed by atoms with Gasteiger partial charge < -0.3 is 25.3 Å². The predicted molar refractivity (Wildman–Crippen MR) is 101 cm³/mol. The van der Waals surface area contributed by atoms with Crippen molar-refractivity contribution in [3.8, 4) is 11.5 Å². The molecule has 0 aliphatic heterocycles. The van der Waals surface area contributed by atoms with Crippen molar-refractivity contribution in [2.45, 2.75) is 24.7 Å². The van der Waals surface area contributed by atoms with Gasteiger partial charge in [-0.05, 0) is 36.5 Å². The van der Waals surface area contributed by atoms with Crippen molar-refractivity contribution in [2.75, 3.05) is 5.73 Å². The Balaban J connectivity index is 1.57. The molecular formula is C18H16Cl2N4O3. The van der Waals surface area contributed by atoms with Crippen LogP contribution in [0.1, 0.15) is 12.5 Å². The van der Waals surface area contributed by atoms with Gasteiger partial charge in [-0.1, -0.05) is 29.3 Å². The second kappa shape index (κ2) is 5.97. The molecule has 9 heteroatoms. The van der Waals surface area contributed by atoms with Gasteiger partial charge in [-0.3, -0.25) is 0 Å². The summed E-state index contributed by atoms with van der Waals surface area (Å²) < 4.78 is 7.54. The number of imidazole rings is 1. The zero-order valence-corrected chi connectivity index (χ0v) is 15.5. The Morgan fingerprint density at radius 2 is 2.00 bits per heavy atom. The van der Waals surface area contributed by atoms with Gasteiger partial charge in [-0.15, -0.1) is 0 Å². The first-order valence-corrected chi connectivity index (χ1v) is 9.32. The summed E-state index contributed by atoms with van der Waals surface area (Å²) in [7, 11) is 0. The van der Waals surface area contributed by atoms with E-state index in [9.17, 15) is 10.2 Å². The largest absolute Gasteiger partial charge is 0.452 e. The number of benzene rings is 1. The maximum Gasteiger partial charge on any atom is 0.189 e. The first-order chi connectivity index (χ1) is 13.0. The molecule has 27 heavy (non-hydrogen) atoms. The third-order valence-corrected chi connectivity index (χ3v) is 5.96. The van der Waals surface area contributed by atoms with Gasteiger partial charge in [-0.25, -0.2) is 9.97 Å². The molecule has 2 saturated carbocycles. The zero-order valence-electron chi connectivity index (χ0n) is 14.0. The normalized spacial score (nSPS) is 29.1. The SMILES string of the molecule is Nc1c(Oc2cccc(Cl)c2)c(Cl)nc2c1ncn2[C@H]1[C@H](O)[C@H](O)[C@@H]2C[C@@H]21. The highest BCUT2D eigenvalue weighted by molar-refractivity contribution is 6.32. The van der Waals surface area contributed by atoms with E-state index in [4.69, 9.17) is 33.7 Å². The third-order valence-electron chi connectivity index (χ3n) is 5.46. The van der Waals surface area contributed by atoms with Gasteiger partial charge in [0.2, 0.25) is 0 Å². The fraction of sp³-hybridized carbons (Fsp3) is 0.333. The first kappa shape index (κ1) is 17.1. The molecule has 0 amide bonds. The Morgan fingerprint density at radius 3 is 2.70 bits per heavy atom. The van der Waals surface area contributed by atoms with E-state index in [1.807, 2.05) is 0 Å². The van der Waals surface area contributed by atoms with Crippen LogP contribution < -0.4 is 10.5 Å². The highest BCUT2D eigenvalue weighted by Gasteiger charge is 2.60. The maximum atomic E-state index is 10.4. The molecule has 0 radical (unpaired) electrons. The van der Waals surface area contributed by atoms with Gasteiger partial charge in [0.25, 0.3) is 0 Å². The van der Waals surface area contributed by atoms with Crippen molar-refractivity contribution in [3.05, 3.63) is 40.8 Å². The molecular weight excluding hydrogens is 391 g/mol. The second-order valence-corrected chi connectivity index (χ2v) is 7.86. The molecule has 2 heterocycles. The molecule has 3 aromatic rings. The molecule has 7 nitrogen and oxygen atoms in total. The number of nitrogen functional groups attached to an aromatic ring is 1. The van der Waals surface area contributed by atoms with E-state index in [0.29, 0.717) is 21.9 Å². The number of hydrogen-bond acceptors (Lipinski definition) is 6. The Hall–Kier alpha value is -2.06. The molecule has 0 bridgehead atoms. The minimum absolute atomic E-state index is 0.0853. The van der Waals surface area contributed by atoms with E-state index in [1.54, 1.807) is 35.2 Å². The smallest absolute Gasteiger partial charge is 0.189 e. The molecule has 0 spiro atoms. The van der Waals surface area contributed by atoms with Gasteiger partial charge in [-0.2, -0.15) is 0 Å². The summed E-state index contributed by atoms with van der Waals surface area (Å²) in [6, 6.07) is 6.56. The lowest BCUT2D eigenvalue weighted by molar-refractivity contribution is 0.00386. The second-order valence-electron chi connectivity index (χ2n) is 7.06. The number of ether oxygens (including phenoxy) is 1. The molecule has 2 aromatic heterocycles. The zero-order chi connectivity index (χ0) is 18.9. The highest BCUT2D eigenvalue weighted by Crippen LogP contribution is 2.58. The number of hydrogen-bond donors (Lipinski definition) is 3. The van der Waals surface area contributed by atoms with Crippen LogP contribution in [0.25, 0.3) is 11.2 Å². The topological polar surface area (TPSA) is 106 Å². The molecule has 0 unspecified atom stereocenters. The molecule has 5 rings (SSSR count). The molecule has 2 aliphatic carbocycles. The van der Waals surface area contributed by atoms with Crippen LogP contribution in [-0.2, 0) is 0 Å². The van der Waals surface area contributed by atoms with Crippen LogP contribution in [0.4, 0.5) is 5.69 Å². The standard InChI is InChI=1S/C18H16Cl2N4O3/c19-7-2-1-3-8(4-7)27-16-11(21)12-18(23-17(16)20)24(6-22-12)13-9-5-10(9)14(25)15(13)26/h1-4,6,9-10,13-15,25-26H,5H2,(H2,21,23)/t9-,10+,13+,14+,15-/m0/s1. The van der Waals surface area contributed by atoms with E-state index in [1.165, 1.54) is 0 Å². The van der Waals surface area contributed by atoms with Crippen molar-refractivity contribution >= 4 is 40.1 Å². The molecule has 2 fully saturated rings. The van der Waals surface area contributed by atoms with Gasteiger partial charge in [0.1, 0.15) is 23.1 Å². The number of aromatic nitrogens is 3. The highest BCUT2D eigenvalue weighted by atomic mass is 35.5. The molecule has 0 saturated heterocycles. The number of nitrogens with zero attached hydrogens (tertiary/aromatic N) is 3. The Labute approximate surface area is 164 Å². The minimum Gasteiger partial charge on any atom is -0.452 e. The number of aliphatic hydroxyl groups excluding tert-OH is 2. The number of rotatable bonds is 3. The van der Waals surface area contributed by atoms with E-state index < -0.39 is 12.2 Å². The van der Waals surface area contributed by atoms with Gasteiger partial charge in [0.15, 0.2) is 16.5 Å². The average Bonchev–Trinajstić information content (AvgIpc) is 3.24. The Morgan fingerprint density at radius 1 is 1.19 bits per heavy atom. The van der Waals surface area contributed by atoms with Crippen molar-refractivity contribution in [1.29, 1.82) is 0 Å². The van der Waals surface area contributed by atoms with E-state index in [-0.39, 0.29) is 34.5 Å². The number of anilines is 1. The summed E-state index contributed by atoms with van der Waals surface area (Å²) in [5.41, 5.74) is 7.40. The Bertz CT molecular complexity index is 1060. The molecule has 2 aliphatic rings. The van der Waals surface area contributed by atoms with Crippen LogP contribution in [0.15, 0.2) is 30.6 Å². The number of halogens is 2. The molecule has 140 valence electrons. The lowest BCUT2D eigenvalue weighted by atomic mass is 10.1. The van der Waals surface area contributed by atoms with Crippen molar-refractivity contribution < 1.29 is 14.9 Å². The van der Waals surface area contributed by atoms with Crippen molar-refractivity contribution in [3.63, 3.8) is 0 Å². The predicted octanol–water partition coefficient (Wildman–Crippen LogP) is 3.03. The lowest BCUT2D eigenvalue weighted by Gasteiger charge is -2.22. The average molecular weight is 407 g/mol. The van der Waals surface area contributed by atoms with Crippen LogP contribution in [0, 0.1) is 11.8 Å². The van der Waals surface area contributed by atoms with Crippen molar-refractivity contribution in [2.24, 2.45) is 11.8 Å². The summed E-state index contributed by atoms with van der Waals surface area (Å²) in [6.45, 7) is 0. The van der Waals surface area contributed by atoms with Crippen LogP contribution in [0.2, 0.25) is 10.2 Å². The summed E-state index contributed by atoms with van der Waals surface area (Å²) in [5.74, 6) is 1.01. The molecule has 5 atom stereocenters. The van der Waals surface area contributed by atoms with Crippen LogP contribution in [0.5, 0.6) is 11.5 Å². The Kier molecular flexibility index (Phi) is 3.77. The van der Waals surface area contributed by atoms with Gasteiger partial charge >= 0.3 is 0 Å². The molecule has 1 aromatic carbocycles. The summed E-state index contributed by atoms with van der Waals surface area (Å²) in [6.07, 6.45) is 0.863. The van der Waals surface area contributed by atoms with Crippen molar-refractivity contribution in [1.82, 2.24) is 14.5 Å². The number of aliphatic hydroxyl groups is 2. The van der Waals surface area contributed by atoms with Gasteiger partial charge in [0, 0.05) is 5.02 Å². The van der Waals surface area contributed by atoms with E-state index in [2.05, 4.69) is 9.97 Å². The molecule has 4 N–H and O–H groups in total.